The van der Waals surface area contributed by atoms with Gasteiger partial charge in [0.15, 0.2) is 0 Å². The molecule has 0 fully saturated rings. The van der Waals surface area contributed by atoms with Gasteiger partial charge in [-0.1, -0.05) is 0 Å². The van der Waals surface area contributed by atoms with E-state index in [9.17, 15) is 9.90 Å². The summed E-state index contributed by atoms with van der Waals surface area (Å²) in [5.41, 5.74) is -1.50. The molecule has 26 heavy (non-hydrogen) atoms. The molecule has 0 aliphatic heterocycles. The van der Waals surface area contributed by atoms with Crippen molar-refractivity contribution in [1.82, 2.24) is 0 Å². The van der Waals surface area contributed by atoms with E-state index in [4.69, 9.17) is 20.4 Å². The number of aliphatic hydroxyl groups is 4. The molecule has 0 atom stereocenters. The summed E-state index contributed by atoms with van der Waals surface area (Å²) in [5.74, 6) is -1.44. The SMILES string of the molecule is CC(C)O.CC(CO)(CO)C(=O)[O-].CC[NH+](CC)CC.CO.O.[Rf].[Ru].[Ru]. The second-order valence-electron chi connectivity index (χ2n) is 5.07. The molecule has 0 rings (SSSR count). The van der Waals surface area contributed by atoms with Crippen LogP contribution in [0.15, 0.2) is 0 Å². The molecule has 7 N–H and O–H groups in total. The quantitative estimate of drug-likeness (QED) is 0.178. The van der Waals surface area contributed by atoms with Gasteiger partial charge in [-0.15, -0.1) is 0 Å². The number of aliphatic carboxylic acids is 1. The van der Waals surface area contributed by atoms with Gasteiger partial charge in [0.25, 0.3) is 0 Å². The van der Waals surface area contributed by atoms with Gasteiger partial charge in [-0.05, 0) is 41.5 Å². The Kier molecular flexibility index (Phi) is 68.4. The van der Waals surface area contributed by atoms with Crippen molar-refractivity contribution in [2.75, 3.05) is 40.0 Å². The zero-order valence-corrected chi connectivity index (χ0v) is 27.0. The first-order chi connectivity index (χ1) is 10.1. The molecule has 0 unspecified atom stereocenters. The number of rotatable bonds is 6. The van der Waals surface area contributed by atoms with Crippen molar-refractivity contribution in [2.45, 2.75) is 47.6 Å². The third-order valence-electron chi connectivity index (χ3n) is 2.69. The largest absolute Gasteiger partial charge is 0.549 e. The van der Waals surface area contributed by atoms with Crippen LogP contribution in [0.1, 0.15) is 41.5 Å². The topological polar surface area (TPSA) is 157 Å². The van der Waals surface area contributed by atoms with Crippen molar-refractivity contribution in [1.29, 1.82) is 0 Å². The van der Waals surface area contributed by atoms with Crippen LogP contribution in [0.3, 0.4) is 0 Å². The summed E-state index contributed by atoms with van der Waals surface area (Å²) < 4.78 is 0. The van der Waals surface area contributed by atoms with E-state index in [-0.39, 0.29) is 50.5 Å². The van der Waals surface area contributed by atoms with Crippen molar-refractivity contribution in [2.24, 2.45) is 5.41 Å². The maximum atomic E-state index is 10.1. The summed E-state index contributed by atoms with van der Waals surface area (Å²) in [7, 11) is 1.00. The fourth-order valence-electron chi connectivity index (χ4n) is 0.929. The van der Waals surface area contributed by atoms with Crippen molar-refractivity contribution in [3.05, 3.63) is 0 Å². The normalized spacial score (nSPS) is 8.35. The van der Waals surface area contributed by atoms with Crippen LogP contribution >= 0.6 is 0 Å². The minimum atomic E-state index is -1.50. The monoisotopic (exact) mass is 816 g/mol. The maximum Gasteiger partial charge on any atom is 0.0742 e. The fraction of sp³-hybridized carbons (Fsp3) is 0.933. The smallest absolute Gasteiger partial charge is 0.0742 e. The number of hydrogen-bond donors (Lipinski definition) is 5. The Morgan fingerprint density at radius 2 is 1.19 bits per heavy atom. The van der Waals surface area contributed by atoms with Crippen LogP contribution in [0.2, 0.25) is 0 Å². The number of carbonyl (C=O) groups excluding carboxylic acids is 1. The van der Waals surface area contributed by atoms with E-state index in [1.807, 2.05) is 0 Å². The molecule has 0 saturated carbocycles. The first-order valence-electron chi connectivity index (χ1n) is 7.54. The third-order valence-corrected chi connectivity index (χ3v) is 2.69. The number of carboxylic acid groups (broad SMARTS) is 1. The fourth-order valence-corrected chi connectivity index (χ4v) is 0.929. The molecule has 0 aromatic rings. The molecule has 11 heteroatoms. The van der Waals surface area contributed by atoms with E-state index >= 15 is 0 Å². The molecule has 164 valence electrons. The van der Waals surface area contributed by atoms with E-state index in [2.05, 4.69) is 20.8 Å². The van der Waals surface area contributed by atoms with Gasteiger partial charge in [0.1, 0.15) is 0 Å². The summed E-state index contributed by atoms with van der Waals surface area (Å²) in [4.78, 5) is 11.7. The van der Waals surface area contributed by atoms with Crippen LogP contribution in [-0.2, 0) is 43.8 Å². The molecule has 0 radical (unpaired) electrons. The van der Waals surface area contributed by atoms with Crippen molar-refractivity contribution >= 4 is 5.97 Å². The van der Waals surface area contributed by atoms with Gasteiger partial charge >= 0.3 is 0 Å². The van der Waals surface area contributed by atoms with Gasteiger partial charge in [-0.25, -0.2) is 0 Å². The second kappa shape index (κ2) is 35.6. The molecule has 0 bridgehead atoms. The standard InChI is InChI=1S/C6H15N.C5H10O4.C3H8O.CH4O.H2O.Rf.2Ru/c1-4-7(5-2)6-3;1-5(2-6,3-7)4(8)9;1-3(2)4;1-2;;;;/h4-6H2,1-3H3;6-7H,2-3H2,1H3,(H,8,9);3-4H,1-2H3;2H,1H3;1H2;;;. The number of hydrogen-bond acceptors (Lipinski definition) is 6. The molecule has 0 heterocycles. The predicted octanol–water partition coefficient (Wildman–Crippen LogP) is -3.18. The van der Waals surface area contributed by atoms with E-state index in [1.54, 1.807) is 18.7 Å². The van der Waals surface area contributed by atoms with Crippen LogP contribution in [-0.4, -0.2) is 77.9 Å². The molecule has 8 nitrogen and oxygen atoms in total. The Hall–Kier alpha value is -0.523. The Balaban J connectivity index is -0.0000000289. The van der Waals surface area contributed by atoms with Gasteiger partial charge in [0.05, 0.1) is 44.2 Å². The van der Waals surface area contributed by atoms with E-state index in [0.717, 1.165) is 7.11 Å². The molecule has 0 aliphatic rings. The molecule has 0 amide bonds. The van der Waals surface area contributed by atoms with Crippen LogP contribution in [0.5, 0.6) is 0 Å². The van der Waals surface area contributed by atoms with E-state index < -0.39 is 24.6 Å². The molecular weight excluding hydrogens is 775 g/mol. The number of aliphatic hydroxyl groups excluding tert-OH is 4. The van der Waals surface area contributed by atoms with Crippen molar-refractivity contribution in [3.8, 4) is 0 Å². The molecular formula is C15H39NO7RfRu2. The van der Waals surface area contributed by atoms with E-state index in [1.165, 1.54) is 26.6 Å². The predicted molar refractivity (Wildman–Crippen MR) is 89.0 cm³/mol. The van der Waals surface area contributed by atoms with Crippen LogP contribution < -0.4 is 10.0 Å². The number of quaternary nitrogens is 1. The molecule has 0 aliphatic carbocycles. The Labute approximate surface area is 178 Å². The third kappa shape index (κ3) is 38.8. The maximum absolute atomic E-state index is 10.1. The summed E-state index contributed by atoms with van der Waals surface area (Å²) in [5, 5.41) is 41.9. The molecule has 0 saturated heterocycles. The summed E-state index contributed by atoms with van der Waals surface area (Å²) in [6, 6.07) is 0. The zero-order chi connectivity index (χ0) is 18.8. The van der Waals surface area contributed by atoms with Crippen molar-refractivity contribution < 1.29 is 79.7 Å². The number of carbonyl (C=O) groups is 1. The molecule has 0 aromatic carbocycles. The van der Waals surface area contributed by atoms with Gasteiger partial charge in [0.2, 0.25) is 0 Å². The zero-order valence-electron chi connectivity index (χ0n) is 17.1. The summed E-state index contributed by atoms with van der Waals surface area (Å²) in [6.07, 6.45) is -0.167. The average Bonchev–Trinajstić information content (AvgIpc) is 2.50. The molecule has 0 aromatic heterocycles. The average molecular weight is 815 g/mol. The minimum Gasteiger partial charge on any atom is -0.549 e. The van der Waals surface area contributed by atoms with Crippen molar-refractivity contribution in [3.63, 3.8) is 0 Å². The van der Waals surface area contributed by atoms with Gasteiger partial charge in [0, 0.05) is 52.2 Å². The van der Waals surface area contributed by atoms with Crippen LogP contribution in [0.25, 0.3) is 0 Å². The first-order valence-corrected chi connectivity index (χ1v) is 7.54. The van der Waals surface area contributed by atoms with Gasteiger partial charge in [-0.3, -0.25) is 0 Å². The summed E-state index contributed by atoms with van der Waals surface area (Å²) in [6.45, 7) is 13.9. The number of nitrogens with one attached hydrogen (secondary N) is 1. The number of carboxylic acids is 1. The Morgan fingerprint density at radius 3 is 1.19 bits per heavy atom. The second-order valence-corrected chi connectivity index (χ2v) is 5.07. The molecule has 0 spiro atoms. The Morgan fingerprint density at radius 1 is 1.00 bits per heavy atom. The van der Waals surface area contributed by atoms with Crippen LogP contribution in [0.4, 0.5) is 0 Å². The first kappa shape index (κ1) is 50.0. The summed E-state index contributed by atoms with van der Waals surface area (Å²) >= 11 is 0. The van der Waals surface area contributed by atoms with Gasteiger partial charge < -0.3 is 40.7 Å². The van der Waals surface area contributed by atoms with Crippen LogP contribution in [0, 0.1) is 5.41 Å². The minimum absolute atomic E-state index is 0. The van der Waals surface area contributed by atoms with Gasteiger partial charge in [-0.2, -0.15) is 0 Å². The van der Waals surface area contributed by atoms with E-state index in [0.29, 0.717) is 0 Å². The Bertz CT molecular complexity index is 226.